The van der Waals surface area contributed by atoms with Gasteiger partial charge >= 0.3 is 14.2 Å². The first-order valence-corrected chi connectivity index (χ1v) is 19.7. The van der Waals surface area contributed by atoms with Gasteiger partial charge in [0, 0.05) is 21.9 Å². The molecule has 0 aromatic heterocycles. The zero-order valence-electron chi connectivity index (χ0n) is 35.6. The second-order valence-electron chi connectivity index (χ2n) is 21.3. The fourth-order valence-corrected chi connectivity index (χ4v) is 8.47. The molecule has 4 rings (SSSR count). The number of hydrogen-bond donors (Lipinski definition) is 2. The summed E-state index contributed by atoms with van der Waals surface area (Å²) in [5.74, 6) is 2.61. The Bertz CT molecular complexity index is 1080. The van der Waals surface area contributed by atoms with Gasteiger partial charge in [0.25, 0.3) is 0 Å². The van der Waals surface area contributed by atoms with Crippen molar-refractivity contribution < 1.29 is 28.2 Å². The highest BCUT2D eigenvalue weighted by molar-refractivity contribution is 6.45. The van der Waals surface area contributed by atoms with E-state index in [9.17, 15) is 9.59 Å². The molecule has 2 N–H and O–H groups in total. The monoisotopic (exact) mass is 703 g/mol. The van der Waals surface area contributed by atoms with Gasteiger partial charge in [-0.1, -0.05) is 40.5 Å². The van der Waals surface area contributed by atoms with Crippen LogP contribution in [0.25, 0.3) is 0 Å². The van der Waals surface area contributed by atoms with E-state index < -0.39 is 0 Å². The molecule has 4 aliphatic rings. The number of rotatable bonds is 8. The Balaban J connectivity index is 0.000000270. The van der Waals surface area contributed by atoms with Gasteiger partial charge in [0.2, 0.25) is 11.8 Å². The van der Waals surface area contributed by atoms with Crippen LogP contribution in [0.3, 0.4) is 0 Å². The minimum absolute atomic E-state index is 0.132. The molecule has 0 aromatic rings. The summed E-state index contributed by atoms with van der Waals surface area (Å²) < 4.78 is 24.5. The van der Waals surface area contributed by atoms with Crippen LogP contribution in [0.5, 0.6) is 0 Å². The van der Waals surface area contributed by atoms with Crippen LogP contribution in [0.2, 0.25) is 12.6 Å². The van der Waals surface area contributed by atoms with E-state index in [1.165, 1.54) is 0 Å². The molecule has 0 aromatic carbocycles. The Morgan fingerprint density at radius 1 is 0.540 bits per heavy atom. The van der Waals surface area contributed by atoms with Crippen LogP contribution in [-0.4, -0.2) is 59.5 Å². The minimum atomic E-state index is -0.264. The highest BCUT2D eigenvalue weighted by atomic mass is 16.7. The normalized spacial score (nSPS) is 34.4. The van der Waals surface area contributed by atoms with Gasteiger partial charge in [0.1, 0.15) is 0 Å². The number of amides is 2. The van der Waals surface area contributed by atoms with Crippen LogP contribution in [0.15, 0.2) is 0 Å². The summed E-state index contributed by atoms with van der Waals surface area (Å²) >= 11 is 0. The first kappa shape index (κ1) is 43.3. The third kappa shape index (κ3) is 10.5. The standard InChI is InChI=1S/2C20H38BNO3/c2*1-14-12-20(9,16(23)22-17(2,3)4)13-15(14)10-11-21-24-18(5,6)19(7,8)25-21/h2*14-15H,10-13H2,1-9H3,(H,22,23)/t14-,15-,20+;14-,15-,20-/m00/s1. The Labute approximate surface area is 308 Å². The SMILES string of the molecule is C[C@H]1C[C@@](C)(C(=O)NC(C)(C)C)C[C@@H]1CCB1OC(C)(C)C(C)(C)O1.C[C@H]1C[C@](C)(C(=O)NC(C)(C)C)C[C@@H]1CCB1OC(C)(C)C(C)(C)O1. The Morgan fingerprint density at radius 3 is 1.04 bits per heavy atom. The van der Waals surface area contributed by atoms with Crippen molar-refractivity contribution >= 4 is 26.1 Å². The molecule has 6 atom stereocenters. The average Bonchev–Trinajstić information content (AvgIpc) is 3.51. The predicted octanol–water partition coefficient (Wildman–Crippen LogP) is 8.87. The molecule has 8 nitrogen and oxygen atoms in total. The van der Waals surface area contributed by atoms with Crippen LogP contribution in [-0.2, 0) is 28.2 Å². The number of nitrogens with one attached hydrogen (secondary N) is 2. The topological polar surface area (TPSA) is 95.1 Å². The zero-order chi connectivity index (χ0) is 38.5. The molecule has 10 heteroatoms. The molecule has 2 amide bonds. The van der Waals surface area contributed by atoms with E-state index >= 15 is 0 Å². The highest BCUT2D eigenvalue weighted by Crippen LogP contribution is 2.50. The Kier molecular flexibility index (Phi) is 12.7. The number of hydrogen-bond acceptors (Lipinski definition) is 6. The van der Waals surface area contributed by atoms with Gasteiger partial charge in [-0.25, -0.2) is 0 Å². The molecule has 2 aliphatic carbocycles. The molecule has 4 fully saturated rings. The molecule has 0 radical (unpaired) electrons. The summed E-state index contributed by atoms with van der Waals surface area (Å²) in [6.45, 7) is 37.8. The van der Waals surface area contributed by atoms with E-state index in [1.54, 1.807) is 0 Å². The Hall–Kier alpha value is -1.09. The lowest BCUT2D eigenvalue weighted by Crippen LogP contribution is -2.47. The van der Waals surface area contributed by atoms with Gasteiger partial charge in [0.05, 0.1) is 22.4 Å². The summed E-state index contributed by atoms with van der Waals surface area (Å²) in [7, 11) is -0.264. The van der Waals surface area contributed by atoms with Crippen molar-refractivity contribution in [1.29, 1.82) is 0 Å². The molecule has 2 saturated carbocycles. The molecule has 2 heterocycles. The summed E-state index contributed by atoms with van der Waals surface area (Å²) in [5, 5.41) is 6.35. The summed E-state index contributed by atoms with van der Waals surface area (Å²) in [4.78, 5) is 25.5. The van der Waals surface area contributed by atoms with E-state index in [2.05, 4.69) is 93.7 Å². The zero-order valence-corrected chi connectivity index (χ0v) is 35.6. The van der Waals surface area contributed by atoms with Gasteiger partial charge in [0.15, 0.2) is 0 Å². The van der Waals surface area contributed by atoms with E-state index in [4.69, 9.17) is 18.6 Å². The van der Waals surface area contributed by atoms with E-state index in [0.29, 0.717) is 23.7 Å². The smallest absolute Gasteiger partial charge is 0.403 e. The van der Waals surface area contributed by atoms with Crippen molar-refractivity contribution in [2.45, 2.75) is 209 Å². The second-order valence-corrected chi connectivity index (χ2v) is 21.3. The van der Waals surface area contributed by atoms with Crippen molar-refractivity contribution in [3.63, 3.8) is 0 Å². The van der Waals surface area contributed by atoms with Gasteiger partial charge in [-0.2, -0.15) is 0 Å². The quantitative estimate of drug-likeness (QED) is 0.246. The molecule has 2 saturated heterocycles. The lowest BCUT2D eigenvalue weighted by atomic mass is 9.77. The van der Waals surface area contributed by atoms with Crippen molar-refractivity contribution in [3.8, 4) is 0 Å². The maximum Gasteiger partial charge on any atom is 0.457 e. The second kappa shape index (κ2) is 14.6. The maximum atomic E-state index is 12.7. The molecular formula is C40H76B2N2O6. The summed E-state index contributed by atoms with van der Waals surface area (Å²) in [5.41, 5.74) is -1.92. The van der Waals surface area contributed by atoms with Gasteiger partial charge in [-0.15, -0.1) is 0 Å². The van der Waals surface area contributed by atoms with Crippen LogP contribution in [0.1, 0.15) is 163 Å². The molecule has 0 spiro atoms. The largest absolute Gasteiger partial charge is 0.457 e. The van der Waals surface area contributed by atoms with Crippen LogP contribution < -0.4 is 10.6 Å². The van der Waals surface area contributed by atoms with E-state index in [1.807, 2.05) is 41.5 Å². The first-order chi connectivity index (χ1) is 22.3. The molecular weight excluding hydrogens is 626 g/mol. The maximum absolute atomic E-state index is 12.7. The minimum Gasteiger partial charge on any atom is -0.403 e. The molecule has 2 aliphatic heterocycles. The lowest BCUT2D eigenvalue weighted by molar-refractivity contribution is -0.132. The number of carbonyl (C=O) groups is 2. The van der Waals surface area contributed by atoms with Crippen LogP contribution >= 0.6 is 0 Å². The van der Waals surface area contributed by atoms with E-state index in [-0.39, 0.29) is 70.4 Å². The van der Waals surface area contributed by atoms with Gasteiger partial charge < -0.3 is 29.3 Å². The number of carbonyl (C=O) groups excluding carboxylic acids is 2. The average molecular weight is 703 g/mol. The van der Waals surface area contributed by atoms with Crippen molar-refractivity contribution in [2.75, 3.05) is 0 Å². The highest BCUT2D eigenvalue weighted by Gasteiger charge is 2.53. The molecule has 50 heavy (non-hydrogen) atoms. The fraction of sp³-hybridized carbons (Fsp3) is 0.950. The first-order valence-electron chi connectivity index (χ1n) is 19.7. The van der Waals surface area contributed by atoms with Crippen molar-refractivity contribution in [2.24, 2.45) is 34.5 Å². The lowest BCUT2D eigenvalue weighted by Gasteiger charge is -2.32. The van der Waals surface area contributed by atoms with Gasteiger partial charge in [-0.3, -0.25) is 9.59 Å². The third-order valence-electron chi connectivity index (χ3n) is 12.8. The van der Waals surface area contributed by atoms with Gasteiger partial charge in [-0.05, 0) is 159 Å². The summed E-state index contributed by atoms with van der Waals surface area (Å²) in [6.07, 6.45) is 7.74. The fourth-order valence-electron chi connectivity index (χ4n) is 8.47. The van der Waals surface area contributed by atoms with Crippen molar-refractivity contribution in [1.82, 2.24) is 10.6 Å². The van der Waals surface area contributed by atoms with Crippen LogP contribution in [0, 0.1) is 34.5 Å². The third-order valence-corrected chi connectivity index (χ3v) is 12.8. The predicted molar refractivity (Wildman–Crippen MR) is 207 cm³/mol. The summed E-state index contributed by atoms with van der Waals surface area (Å²) in [6, 6.07) is 0. The van der Waals surface area contributed by atoms with Crippen molar-refractivity contribution in [3.05, 3.63) is 0 Å². The Morgan fingerprint density at radius 2 is 0.800 bits per heavy atom. The molecule has 0 unspecified atom stereocenters. The molecule has 0 bridgehead atoms. The van der Waals surface area contributed by atoms with Crippen LogP contribution in [0.4, 0.5) is 0 Å². The van der Waals surface area contributed by atoms with E-state index in [0.717, 1.165) is 51.2 Å². The molecule has 288 valence electrons.